The average molecular weight is 122 g/mol. The van der Waals surface area contributed by atoms with Crippen molar-refractivity contribution in [3.05, 3.63) is 0 Å². The van der Waals surface area contributed by atoms with E-state index in [9.17, 15) is 0 Å². The molecule has 0 atom stereocenters. The zero-order chi connectivity index (χ0) is 2.71. The molecule has 0 saturated carbocycles. The van der Waals surface area contributed by atoms with Gasteiger partial charge in [-0.2, -0.15) is 0 Å². The maximum atomic E-state index is 8.46. The van der Waals surface area contributed by atoms with Gasteiger partial charge in [-0.05, 0) is 0 Å². The van der Waals surface area contributed by atoms with Gasteiger partial charge in [-0.3, -0.25) is 0 Å². The number of rotatable bonds is 0. The Kier molecular flexibility index (Phi) is 49.6. The molecule has 2 nitrogen and oxygen atoms in total. The van der Waals surface area contributed by atoms with Gasteiger partial charge in [0.25, 0.3) is 0 Å². The van der Waals surface area contributed by atoms with Crippen LogP contribution in [-0.2, 0) is 3.80 Å². The monoisotopic (exact) mass is 122 g/mol. The Morgan fingerprint density at radius 3 is 1.80 bits per heavy atom. The molecule has 0 aromatic carbocycles. The second-order valence-electron chi connectivity index (χ2n) is 0.0962. The molecule has 5 heavy (non-hydrogen) atoms. The molecule has 0 fully saturated rings. The fourth-order valence-corrected chi connectivity index (χ4v) is 0. The second kappa shape index (κ2) is 15.9. The van der Waals surface area contributed by atoms with Crippen LogP contribution in [0.1, 0.15) is 1.43 Å². The first-order valence-corrected chi connectivity index (χ1v) is 1.41. The van der Waals surface area contributed by atoms with Gasteiger partial charge in [0.15, 0.2) is 0 Å². The van der Waals surface area contributed by atoms with Crippen LogP contribution in [0.4, 0.5) is 0 Å². The molecule has 0 amide bonds. The zero-order valence-corrected chi connectivity index (χ0v) is 9.67. The average Bonchev–Trinajstić information content (AvgIpc) is 0.918. The van der Waals surface area contributed by atoms with Crippen LogP contribution in [0.5, 0.6) is 0 Å². The Bertz CT molecular complexity index is 21.0. The molecule has 0 aliphatic rings. The van der Waals surface area contributed by atoms with E-state index < -0.39 is 15.5 Å². The van der Waals surface area contributed by atoms with Gasteiger partial charge in [0.05, 0.1) is 0 Å². The van der Waals surface area contributed by atoms with Crippen LogP contribution in [0.25, 0.3) is 0 Å². The summed E-state index contributed by atoms with van der Waals surface area (Å²) in [6.07, 6.45) is 0. The molecule has 0 aliphatic carbocycles. The van der Waals surface area contributed by atoms with Crippen molar-refractivity contribution in [3.63, 3.8) is 0 Å². The summed E-state index contributed by atoms with van der Waals surface area (Å²) in [4.78, 5) is 0. The van der Waals surface area contributed by atoms with E-state index in [0.29, 0.717) is 0 Å². The summed E-state index contributed by atoms with van der Waals surface area (Å²) in [7, 11) is 0. The van der Waals surface area contributed by atoms with E-state index in [1.54, 1.807) is 0 Å². The molecule has 0 radical (unpaired) electrons. The minimum absolute atomic E-state index is 0. The van der Waals surface area contributed by atoms with Crippen LogP contribution in [0.15, 0.2) is 0 Å². The van der Waals surface area contributed by atoms with Crippen molar-refractivity contribution in [1.29, 1.82) is 0 Å². The SMILES string of the molecule is [H-].[K+].[Na+].[O]=[Al][O-]. The van der Waals surface area contributed by atoms with Crippen molar-refractivity contribution in [2.24, 2.45) is 0 Å². The van der Waals surface area contributed by atoms with Gasteiger partial charge in [-0.25, -0.2) is 0 Å². The molecule has 0 spiro atoms. The first-order chi connectivity index (χ1) is 1.41. The summed E-state index contributed by atoms with van der Waals surface area (Å²) < 4.78 is 16.9. The van der Waals surface area contributed by atoms with Crippen LogP contribution in [0.3, 0.4) is 0 Å². The third-order valence-corrected chi connectivity index (χ3v) is 0. The van der Waals surface area contributed by atoms with E-state index in [-0.39, 0.29) is 82.4 Å². The molecular weight excluding hydrogens is 121 g/mol. The molecule has 0 aromatic rings. The maximum absolute atomic E-state index is 8.46. The third kappa shape index (κ3) is 20.1. The summed E-state index contributed by atoms with van der Waals surface area (Å²) >= 11 is -1.75. The molecule has 0 saturated heterocycles. The van der Waals surface area contributed by atoms with E-state index >= 15 is 0 Å². The van der Waals surface area contributed by atoms with Crippen molar-refractivity contribution < 1.29 is 90.3 Å². The van der Waals surface area contributed by atoms with Gasteiger partial charge in [-0.15, -0.1) is 0 Å². The van der Waals surface area contributed by atoms with Gasteiger partial charge in [0.2, 0.25) is 0 Å². The summed E-state index contributed by atoms with van der Waals surface area (Å²) in [5.41, 5.74) is 0. The predicted octanol–water partition coefficient (Wildman–Crippen LogP) is -7.57. The van der Waals surface area contributed by atoms with E-state index in [2.05, 4.69) is 0 Å². The van der Waals surface area contributed by atoms with Crippen molar-refractivity contribution in [2.75, 3.05) is 0 Å². The molecular formula is HAlKNaO2. The molecule has 18 valence electrons. The van der Waals surface area contributed by atoms with Crippen LogP contribution >= 0.6 is 0 Å². The minimum atomic E-state index is -1.75. The Morgan fingerprint density at radius 1 is 1.80 bits per heavy atom. The van der Waals surface area contributed by atoms with E-state index in [1.165, 1.54) is 0 Å². The van der Waals surface area contributed by atoms with Crippen LogP contribution in [0.2, 0.25) is 0 Å². The first-order valence-electron chi connectivity index (χ1n) is 0.471. The first kappa shape index (κ1) is 15.7. The van der Waals surface area contributed by atoms with E-state index in [4.69, 9.17) is 7.96 Å². The fraction of sp³-hybridized carbons (Fsp3) is 0. The summed E-state index contributed by atoms with van der Waals surface area (Å²) in [5.74, 6) is 0. The van der Waals surface area contributed by atoms with Gasteiger partial charge in [-0.1, -0.05) is 0 Å². The van der Waals surface area contributed by atoms with E-state index in [1.807, 2.05) is 0 Å². The molecule has 0 heterocycles. The van der Waals surface area contributed by atoms with Gasteiger partial charge >= 0.3 is 104 Å². The van der Waals surface area contributed by atoms with Gasteiger partial charge < -0.3 is 1.43 Å². The molecule has 0 rings (SSSR count). The summed E-state index contributed by atoms with van der Waals surface area (Å²) in [5, 5.41) is 0. The molecule has 0 N–H and O–H groups in total. The topological polar surface area (TPSA) is 40.1 Å². The van der Waals surface area contributed by atoms with Crippen molar-refractivity contribution in [1.82, 2.24) is 0 Å². The number of hydrogen-bond acceptors (Lipinski definition) is 2. The Balaban J connectivity index is -0.00000000667. The molecule has 0 aromatic heterocycles. The molecule has 5 heteroatoms. The van der Waals surface area contributed by atoms with Gasteiger partial charge in [0.1, 0.15) is 0 Å². The normalized spacial score (nSPS) is 1.60. The Morgan fingerprint density at radius 2 is 1.80 bits per heavy atom. The fourth-order valence-electron chi connectivity index (χ4n) is 0. The molecule has 0 unspecified atom stereocenters. The van der Waals surface area contributed by atoms with Crippen molar-refractivity contribution >= 4 is 15.5 Å². The Labute approximate surface area is 103 Å². The quantitative estimate of drug-likeness (QED) is 0.299. The zero-order valence-electron chi connectivity index (χ0n) is 4.39. The Hall–Kier alpha value is 2.77. The van der Waals surface area contributed by atoms with Crippen LogP contribution in [0, 0.1) is 0 Å². The van der Waals surface area contributed by atoms with Crippen molar-refractivity contribution in [2.45, 2.75) is 0 Å². The molecule has 0 bridgehead atoms. The standard InChI is InChI=1S/Al.K.Na.2O.H/q;2*+1;;2*-1. The molecule has 0 aliphatic heterocycles. The summed E-state index contributed by atoms with van der Waals surface area (Å²) in [6.45, 7) is 0. The number of hydrogen-bond donors (Lipinski definition) is 0. The third-order valence-electron chi connectivity index (χ3n) is 0. The summed E-state index contributed by atoms with van der Waals surface area (Å²) in [6, 6.07) is 0. The van der Waals surface area contributed by atoms with Crippen LogP contribution < -0.4 is 85.1 Å². The second-order valence-corrected chi connectivity index (χ2v) is 0.289. The van der Waals surface area contributed by atoms with Crippen LogP contribution in [-0.4, -0.2) is 15.5 Å². The van der Waals surface area contributed by atoms with Crippen molar-refractivity contribution in [3.8, 4) is 0 Å². The predicted molar refractivity (Wildman–Crippen MR) is 7.55 cm³/mol. The van der Waals surface area contributed by atoms with Gasteiger partial charge in [0, 0.05) is 0 Å². The van der Waals surface area contributed by atoms with E-state index in [0.717, 1.165) is 0 Å².